The van der Waals surface area contributed by atoms with Crippen LogP contribution in [0.5, 0.6) is 0 Å². The van der Waals surface area contributed by atoms with Gasteiger partial charge in [0.25, 0.3) is 0 Å². The van der Waals surface area contributed by atoms with Gasteiger partial charge in [-0.25, -0.2) is 0 Å². The SMILES string of the molecule is CCCCCOCOC(C=O)OCC(C)CC. The van der Waals surface area contributed by atoms with E-state index in [0.717, 1.165) is 19.3 Å². The molecule has 0 heterocycles. The Balaban J connectivity index is 3.44. The molecule has 0 spiro atoms. The molecular formula is C13H26O4. The Bertz CT molecular complexity index is 173. The van der Waals surface area contributed by atoms with Gasteiger partial charge in [-0.2, -0.15) is 0 Å². The van der Waals surface area contributed by atoms with E-state index in [1.54, 1.807) is 0 Å². The van der Waals surface area contributed by atoms with E-state index in [1.807, 2.05) is 0 Å². The minimum atomic E-state index is -0.796. The third-order valence-electron chi connectivity index (χ3n) is 2.56. The van der Waals surface area contributed by atoms with Crippen LogP contribution in [0.4, 0.5) is 0 Å². The molecule has 0 aliphatic carbocycles. The minimum Gasteiger partial charge on any atom is -0.355 e. The van der Waals surface area contributed by atoms with Gasteiger partial charge in [-0.15, -0.1) is 0 Å². The van der Waals surface area contributed by atoms with Crippen LogP contribution >= 0.6 is 0 Å². The first-order valence-corrected chi connectivity index (χ1v) is 6.50. The maximum absolute atomic E-state index is 10.7. The molecule has 0 aromatic rings. The van der Waals surface area contributed by atoms with Crippen molar-refractivity contribution >= 4 is 6.29 Å². The molecule has 17 heavy (non-hydrogen) atoms. The summed E-state index contributed by atoms with van der Waals surface area (Å²) in [6, 6.07) is 0. The number of carbonyl (C=O) groups excluding carboxylic acids is 1. The molecule has 0 amide bonds. The molecule has 2 unspecified atom stereocenters. The summed E-state index contributed by atoms with van der Waals surface area (Å²) in [4.78, 5) is 10.7. The minimum absolute atomic E-state index is 0.119. The molecule has 0 N–H and O–H groups in total. The van der Waals surface area contributed by atoms with Gasteiger partial charge in [-0.3, -0.25) is 4.79 Å². The van der Waals surface area contributed by atoms with E-state index in [-0.39, 0.29) is 6.79 Å². The van der Waals surface area contributed by atoms with Gasteiger partial charge in [0.2, 0.25) is 6.29 Å². The molecule has 0 aliphatic heterocycles. The second kappa shape index (κ2) is 12.0. The predicted molar refractivity (Wildman–Crippen MR) is 66.7 cm³/mol. The van der Waals surface area contributed by atoms with Gasteiger partial charge in [0.05, 0.1) is 6.61 Å². The van der Waals surface area contributed by atoms with Crippen molar-refractivity contribution in [2.45, 2.75) is 52.7 Å². The van der Waals surface area contributed by atoms with E-state index in [2.05, 4.69) is 20.8 Å². The number of hydrogen-bond donors (Lipinski definition) is 0. The van der Waals surface area contributed by atoms with Crippen molar-refractivity contribution < 1.29 is 19.0 Å². The van der Waals surface area contributed by atoms with E-state index in [4.69, 9.17) is 14.2 Å². The lowest BCUT2D eigenvalue weighted by Crippen LogP contribution is -2.23. The zero-order valence-corrected chi connectivity index (χ0v) is 11.3. The number of rotatable bonds is 12. The molecule has 4 nitrogen and oxygen atoms in total. The highest BCUT2D eigenvalue weighted by molar-refractivity contribution is 5.53. The van der Waals surface area contributed by atoms with Crippen LogP contribution in [0.2, 0.25) is 0 Å². The molecule has 102 valence electrons. The van der Waals surface area contributed by atoms with E-state index in [9.17, 15) is 4.79 Å². The van der Waals surface area contributed by atoms with E-state index in [1.165, 1.54) is 6.42 Å². The normalized spacial score (nSPS) is 14.5. The molecule has 0 radical (unpaired) electrons. The number of carbonyl (C=O) groups is 1. The Kier molecular flexibility index (Phi) is 11.7. The zero-order valence-electron chi connectivity index (χ0n) is 11.3. The molecule has 0 saturated carbocycles. The van der Waals surface area contributed by atoms with Crippen LogP contribution in [0.25, 0.3) is 0 Å². The van der Waals surface area contributed by atoms with Crippen LogP contribution < -0.4 is 0 Å². The first-order chi connectivity index (χ1) is 8.24. The molecule has 4 heteroatoms. The van der Waals surface area contributed by atoms with Crippen molar-refractivity contribution in [3.05, 3.63) is 0 Å². The van der Waals surface area contributed by atoms with Crippen molar-refractivity contribution in [1.82, 2.24) is 0 Å². The molecule has 0 fully saturated rings. The highest BCUT2D eigenvalue weighted by atomic mass is 16.7. The maximum Gasteiger partial charge on any atom is 0.216 e. The largest absolute Gasteiger partial charge is 0.355 e. The molecular weight excluding hydrogens is 220 g/mol. The molecule has 0 aromatic carbocycles. The average Bonchev–Trinajstić information content (AvgIpc) is 2.36. The Hall–Kier alpha value is -0.450. The smallest absolute Gasteiger partial charge is 0.216 e. The van der Waals surface area contributed by atoms with Gasteiger partial charge in [-0.1, -0.05) is 40.0 Å². The summed E-state index contributed by atoms with van der Waals surface area (Å²) >= 11 is 0. The van der Waals surface area contributed by atoms with Crippen LogP contribution in [0.3, 0.4) is 0 Å². The number of ether oxygens (including phenoxy) is 3. The summed E-state index contributed by atoms with van der Waals surface area (Å²) in [6.07, 6.45) is 4.24. The lowest BCUT2D eigenvalue weighted by atomic mass is 10.1. The Labute approximate surface area is 105 Å². The summed E-state index contributed by atoms with van der Waals surface area (Å²) in [5.41, 5.74) is 0. The predicted octanol–water partition coefficient (Wildman–Crippen LogP) is 2.76. The Morgan fingerprint density at radius 3 is 2.53 bits per heavy atom. The van der Waals surface area contributed by atoms with Crippen molar-refractivity contribution in [1.29, 1.82) is 0 Å². The highest BCUT2D eigenvalue weighted by Crippen LogP contribution is 2.03. The molecule has 0 aliphatic rings. The zero-order chi connectivity index (χ0) is 12.9. The Morgan fingerprint density at radius 1 is 1.18 bits per heavy atom. The van der Waals surface area contributed by atoms with Gasteiger partial charge in [-0.05, 0) is 12.3 Å². The van der Waals surface area contributed by atoms with Crippen LogP contribution in [-0.4, -0.2) is 32.6 Å². The van der Waals surface area contributed by atoms with Gasteiger partial charge in [0, 0.05) is 6.61 Å². The summed E-state index contributed by atoms with van der Waals surface area (Å²) in [6.45, 7) is 7.63. The average molecular weight is 246 g/mol. The monoisotopic (exact) mass is 246 g/mol. The molecule has 0 aromatic heterocycles. The van der Waals surface area contributed by atoms with Gasteiger partial charge < -0.3 is 14.2 Å². The molecule has 0 bridgehead atoms. The topological polar surface area (TPSA) is 44.8 Å². The Morgan fingerprint density at radius 2 is 1.94 bits per heavy atom. The van der Waals surface area contributed by atoms with Crippen LogP contribution in [0, 0.1) is 5.92 Å². The fraction of sp³-hybridized carbons (Fsp3) is 0.923. The van der Waals surface area contributed by atoms with Crippen molar-refractivity contribution in [3.63, 3.8) is 0 Å². The van der Waals surface area contributed by atoms with Gasteiger partial charge in [0.15, 0.2) is 6.29 Å². The summed E-state index contributed by atoms with van der Waals surface area (Å²) in [5.74, 6) is 0.437. The first kappa shape index (κ1) is 16.6. The van der Waals surface area contributed by atoms with Crippen molar-refractivity contribution in [2.75, 3.05) is 20.0 Å². The molecule has 0 rings (SSSR count). The standard InChI is InChI=1S/C13H26O4/c1-4-6-7-8-15-11-17-13(9-14)16-10-12(3)5-2/h9,12-13H,4-8,10-11H2,1-3H3. The van der Waals surface area contributed by atoms with Crippen LogP contribution in [-0.2, 0) is 19.0 Å². The number of hydrogen-bond acceptors (Lipinski definition) is 4. The fourth-order valence-corrected chi connectivity index (χ4v) is 1.13. The summed E-state index contributed by atoms with van der Waals surface area (Å²) < 4.78 is 15.7. The second-order valence-corrected chi connectivity index (χ2v) is 4.25. The lowest BCUT2D eigenvalue weighted by molar-refractivity contribution is -0.193. The third kappa shape index (κ3) is 10.4. The van der Waals surface area contributed by atoms with Crippen LogP contribution in [0.1, 0.15) is 46.5 Å². The quantitative estimate of drug-likeness (QED) is 0.302. The van der Waals surface area contributed by atoms with E-state index < -0.39 is 6.29 Å². The maximum atomic E-state index is 10.7. The van der Waals surface area contributed by atoms with E-state index in [0.29, 0.717) is 25.4 Å². The fourth-order valence-electron chi connectivity index (χ4n) is 1.13. The third-order valence-corrected chi connectivity index (χ3v) is 2.56. The van der Waals surface area contributed by atoms with Crippen molar-refractivity contribution in [3.8, 4) is 0 Å². The van der Waals surface area contributed by atoms with Crippen molar-refractivity contribution in [2.24, 2.45) is 5.92 Å². The molecule has 2 atom stereocenters. The van der Waals surface area contributed by atoms with E-state index >= 15 is 0 Å². The second-order valence-electron chi connectivity index (χ2n) is 4.25. The summed E-state index contributed by atoms with van der Waals surface area (Å²) in [7, 11) is 0. The van der Waals surface area contributed by atoms with Gasteiger partial charge in [0.1, 0.15) is 6.79 Å². The van der Waals surface area contributed by atoms with Gasteiger partial charge >= 0.3 is 0 Å². The number of unbranched alkanes of at least 4 members (excludes halogenated alkanes) is 2. The number of aldehydes is 1. The summed E-state index contributed by atoms with van der Waals surface area (Å²) in [5, 5.41) is 0. The first-order valence-electron chi connectivity index (χ1n) is 6.50. The molecule has 0 saturated heterocycles. The highest BCUT2D eigenvalue weighted by Gasteiger charge is 2.09. The van der Waals surface area contributed by atoms with Crippen LogP contribution in [0.15, 0.2) is 0 Å². The lowest BCUT2D eigenvalue weighted by Gasteiger charge is -2.15.